The maximum absolute atomic E-state index is 5.88. The van der Waals surface area contributed by atoms with Crippen LogP contribution in [0.2, 0.25) is 0 Å². The van der Waals surface area contributed by atoms with Crippen LogP contribution in [0.25, 0.3) is 0 Å². The molecule has 17 heavy (non-hydrogen) atoms. The van der Waals surface area contributed by atoms with Gasteiger partial charge in [0.1, 0.15) is 0 Å². The molecule has 1 aromatic heterocycles. The zero-order valence-corrected chi connectivity index (χ0v) is 11.0. The fourth-order valence-electron chi connectivity index (χ4n) is 2.96. The van der Waals surface area contributed by atoms with Gasteiger partial charge in [-0.05, 0) is 39.2 Å². The number of nitrogens with two attached hydrogens (primary N) is 1. The molecule has 2 rings (SSSR count). The predicted octanol–water partition coefficient (Wildman–Crippen LogP) is 2.31. The maximum atomic E-state index is 5.88. The van der Waals surface area contributed by atoms with Crippen molar-refractivity contribution in [3.8, 4) is 5.75 Å². The second-order valence-electron chi connectivity index (χ2n) is 5.17. The highest BCUT2D eigenvalue weighted by Gasteiger charge is 2.33. The molecule has 2 N–H and O–H groups in total. The first kappa shape index (κ1) is 12.4. The minimum atomic E-state index is 0.368. The van der Waals surface area contributed by atoms with Crippen LogP contribution in [0, 0.1) is 5.92 Å². The lowest BCUT2D eigenvalue weighted by Crippen LogP contribution is -2.21. The van der Waals surface area contributed by atoms with Gasteiger partial charge in [-0.3, -0.25) is 4.68 Å². The van der Waals surface area contributed by atoms with Gasteiger partial charge in [0.25, 0.3) is 0 Å². The third kappa shape index (κ3) is 2.18. The fourth-order valence-corrected chi connectivity index (χ4v) is 2.96. The Morgan fingerprint density at radius 1 is 1.53 bits per heavy atom. The number of methoxy groups -OCH3 is 1. The summed E-state index contributed by atoms with van der Waals surface area (Å²) in [6, 6.07) is 0.368. The molecule has 4 nitrogen and oxygen atoms in total. The first-order chi connectivity index (χ1) is 8.19. The average molecular weight is 237 g/mol. The van der Waals surface area contributed by atoms with Crippen LogP contribution < -0.4 is 10.5 Å². The summed E-state index contributed by atoms with van der Waals surface area (Å²) >= 11 is 0. The topological polar surface area (TPSA) is 53.1 Å². The Bertz CT molecular complexity index is 373. The van der Waals surface area contributed by atoms with Crippen molar-refractivity contribution in [3.63, 3.8) is 0 Å². The van der Waals surface area contributed by atoms with Crippen LogP contribution in [0.5, 0.6) is 5.75 Å². The number of nitrogens with zero attached hydrogens (tertiary/aromatic N) is 2. The second-order valence-corrected chi connectivity index (χ2v) is 5.17. The van der Waals surface area contributed by atoms with Gasteiger partial charge in [-0.15, -0.1) is 0 Å². The van der Waals surface area contributed by atoms with Crippen molar-refractivity contribution < 1.29 is 4.74 Å². The third-order valence-electron chi connectivity index (χ3n) is 3.82. The molecule has 1 saturated carbocycles. The number of aromatic nitrogens is 2. The Balaban J connectivity index is 2.37. The van der Waals surface area contributed by atoms with E-state index in [9.17, 15) is 0 Å². The van der Waals surface area contributed by atoms with Crippen molar-refractivity contribution in [2.75, 3.05) is 13.7 Å². The van der Waals surface area contributed by atoms with Crippen molar-refractivity contribution in [2.24, 2.45) is 11.7 Å². The molecule has 0 bridgehead atoms. The lowest BCUT2D eigenvalue weighted by Gasteiger charge is -2.22. The first-order valence-electron chi connectivity index (χ1n) is 6.50. The number of ether oxygens (including phenoxy) is 1. The van der Waals surface area contributed by atoms with Crippen LogP contribution in [-0.4, -0.2) is 23.4 Å². The standard InChI is InChI=1S/C13H23N3O/c1-9(2)16-13(12(17-3)8-15-16)11-6-4-5-10(11)7-14/h8-11H,4-7,14H2,1-3H3. The Labute approximate surface area is 103 Å². The summed E-state index contributed by atoms with van der Waals surface area (Å²) in [4.78, 5) is 0. The van der Waals surface area contributed by atoms with Crippen molar-refractivity contribution in [3.05, 3.63) is 11.9 Å². The second kappa shape index (κ2) is 5.08. The monoisotopic (exact) mass is 237 g/mol. The summed E-state index contributed by atoms with van der Waals surface area (Å²) in [5.41, 5.74) is 7.12. The number of rotatable bonds is 4. The zero-order chi connectivity index (χ0) is 12.4. The molecular weight excluding hydrogens is 214 g/mol. The Hall–Kier alpha value is -1.03. The molecule has 2 atom stereocenters. The number of hydrogen-bond acceptors (Lipinski definition) is 3. The summed E-state index contributed by atoms with van der Waals surface area (Å²) in [7, 11) is 1.72. The summed E-state index contributed by atoms with van der Waals surface area (Å²) in [6.07, 6.45) is 5.53. The summed E-state index contributed by atoms with van der Waals surface area (Å²) < 4.78 is 7.55. The fraction of sp³-hybridized carbons (Fsp3) is 0.769. The summed E-state index contributed by atoms with van der Waals surface area (Å²) in [5, 5.41) is 4.45. The van der Waals surface area contributed by atoms with E-state index in [-0.39, 0.29) is 0 Å². The van der Waals surface area contributed by atoms with Gasteiger partial charge in [-0.2, -0.15) is 5.10 Å². The summed E-state index contributed by atoms with van der Waals surface area (Å²) in [6.45, 7) is 5.07. The molecular formula is C13H23N3O. The minimum absolute atomic E-state index is 0.368. The molecule has 4 heteroatoms. The highest BCUT2D eigenvalue weighted by molar-refractivity contribution is 5.30. The van der Waals surface area contributed by atoms with Gasteiger partial charge in [0, 0.05) is 12.0 Å². The molecule has 1 aliphatic carbocycles. The lowest BCUT2D eigenvalue weighted by atomic mass is 9.92. The van der Waals surface area contributed by atoms with Gasteiger partial charge in [0.15, 0.2) is 5.75 Å². The quantitative estimate of drug-likeness (QED) is 0.874. The van der Waals surface area contributed by atoms with Crippen LogP contribution in [0.4, 0.5) is 0 Å². The molecule has 0 radical (unpaired) electrons. The molecule has 1 aromatic rings. The Morgan fingerprint density at radius 2 is 2.29 bits per heavy atom. The van der Waals surface area contributed by atoms with Crippen LogP contribution in [0.3, 0.4) is 0 Å². The molecule has 96 valence electrons. The van der Waals surface area contributed by atoms with E-state index in [4.69, 9.17) is 10.5 Å². The van der Waals surface area contributed by atoms with Gasteiger partial charge in [0.2, 0.25) is 0 Å². The van der Waals surface area contributed by atoms with Gasteiger partial charge < -0.3 is 10.5 Å². The third-order valence-corrected chi connectivity index (χ3v) is 3.82. The summed E-state index contributed by atoms with van der Waals surface area (Å²) in [5.74, 6) is 2.02. The smallest absolute Gasteiger partial charge is 0.160 e. The highest BCUT2D eigenvalue weighted by atomic mass is 16.5. The molecule has 0 aliphatic heterocycles. The highest BCUT2D eigenvalue weighted by Crippen LogP contribution is 2.43. The van der Waals surface area contributed by atoms with E-state index in [0.717, 1.165) is 12.3 Å². The van der Waals surface area contributed by atoms with Gasteiger partial charge in [0.05, 0.1) is 19.0 Å². The van der Waals surface area contributed by atoms with Crippen LogP contribution >= 0.6 is 0 Å². The van der Waals surface area contributed by atoms with E-state index in [1.807, 2.05) is 6.20 Å². The molecule has 1 aliphatic rings. The molecule has 0 spiro atoms. The first-order valence-corrected chi connectivity index (χ1v) is 6.50. The predicted molar refractivity (Wildman–Crippen MR) is 68.3 cm³/mol. The zero-order valence-electron chi connectivity index (χ0n) is 11.0. The van der Waals surface area contributed by atoms with Gasteiger partial charge >= 0.3 is 0 Å². The SMILES string of the molecule is COc1cnn(C(C)C)c1C1CCCC1CN. The van der Waals surface area contributed by atoms with Gasteiger partial charge in [-0.1, -0.05) is 6.42 Å². The maximum Gasteiger partial charge on any atom is 0.160 e. The van der Waals surface area contributed by atoms with E-state index >= 15 is 0 Å². The van der Waals surface area contributed by atoms with Crippen LogP contribution in [0.15, 0.2) is 6.20 Å². The van der Waals surface area contributed by atoms with Crippen LogP contribution in [0.1, 0.15) is 50.8 Å². The van der Waals surface area contributed by atoms with Crippen molar-refractivity contribution in [1.82, 2.24) is 9.78 Å². The van der Waals surface area contributed by atoms with E-state index in [2.05, 4.69) is 23.6 Å². The molecule has 0 aromatic carbocycles. The average Bonchev–Trinajstić information content (AvgIpc) is 2.93. The minimum Gasteiger partial charge on any atom is -0.493 e. The van der Waals surface area contributed by atoms with E-state index in [0.29, 0.717) is 17.9 Å². The van der Waals surface area contributed by atoms with Gasteiger partial charge in [-0.25, -0.2) is 0 Å². The van der Waals surface area contributed by atoms with E-state index < -0.39 is 0 Å². The molecule has 2 unspecified atom stereocenters. The normalized spacial score (nSPS) is 24.5. The molecule has 0 amide bonds. The van der Waals surface area contributed by atoms with E-state index in [1.54, 1.807) is 7.11 Å². The molecule has 1 heterocycles. The van der Waals surface area contributed by atoms with Crippen molar-refractivity contribution >= 4 is 0 Å². The van der Waals surface area contributed by atoms with Crippen LogP contribution in [-0.2, 0) is 0 Å². The molecule has 0 saturated heterocycles. The van der Waals surface area contributed by atoms with E-state index in [1.165, 1.54) is 25.0 Å². The number of hydrogen-bond donors (Lipinski definition) is 1. The Kier molecular flexibility index (Phi) is 3.72. The van der Waals surface area contributed by atoms with Crippen molar-refractivity contribution in [2.45, 2.75) is 45.1 Å². The Morgan fingerprint density at radius 3 is 2.88 bits per heavy atom. The van der Waals surface area contributed by atoms with Crippen molar-refractivity contribution in [1.29, 1.82) is 0 Å². The lowest BCUT2D eigenvalue weighted by molar-refractivity contribution is 0.379. The molecule has 1 fully saturated rings. The largest absolute Gasteiger partial charge is 0.493 e.